The molecule has 0 N–H and O–H groups in total. The van der Waals surface area contributed by atoms with Crippen LogP contribution in [0.2, 0.25) is 14.8 Å². The molecule has 1 heterocycles. The van der Waals surface area contributed by atoms with E-state index >= 15 is 0 Å². The second-order valence-corrected chi connectivity index (χ2v) is 23.3. The van der Waals surface area contributed by atoms with Crippen molar-refractivity contribution in [3.63, 3.8) is 0 Å². The summed E-state index contributed by atoms with van der Waals surface area (Å²) in [6.07, 6.45) is 6.70. The molecule has 92 valence electrons. The van der Waals surface area contributed by atoms with E-state index in [1.807, 2.05) is 11.3 Å². The van der Waals surface area contributed by atoms with E-state index in [9.17, 15) is 0 Å². The van der Waals surface area contributed by atoms with Crippen LogP contribution in [0.1, 0.15) is 38.2 Å². The van der Waals surface area contributed by atoms with Gasteiger partial charge in [0.2, 0.25) is 0 Å². The van der Waals surface area contributed by atoms with Crippen molar-refractivity contribution in [3.8, 4) is 0 Å². The minimum absolute atomic E-state index is 1.26. The summed E-state index contributed by atoms with van der Waals surface area (Å²) in [5.41, 5.74) is 1.56. The zero-order valence-electron chi connectivity index (χ0n) is 10.9. The molecule has 0 nitrogen and oxygen atoms in total. The van der Waals surface area contributed by atoms with Crippen LogP contribution >= 0.6 is 27.3 Å². The van der Waals surface area contributed by atoms with E-state index in [1.54, 1.807) is 8.46 Å². The van der Waals surface area contributed by atoms with Crippen molar-refractivity contribution in [2.24, 2.45) is 0 Å². The van der Waals surface area contributed by atoms with Crippen molar-refractivity contribution in [2.75, 3.05) is 0 Å². The molecule has 0 fully saturated rings. The molecule has 16 heavy (non-hydrogen) atoms. The van der Waals surface area contributed by atoms with Gasteiger partial charge in [-0.05, 0) is 0 Å². The van der Waals surface area contributed by atoms with Gasteiger partial charge in [0.05, 0.1) is 0 Å². The Balaban J connectivity index is 2.57. The number of halogens is 1. The summed E-state index contributed by atoms with van der Waals surface area (Å²) in [5, 5.41) is 0. The Hall–Kier alpha value is 0.979. The average molecular weight is 410 g/mol. The number of rotatable bonds is 6. The van der Waals surface area contributed by atoms with Crippen LogP contribution in [-0.2, 0) is 6.42 Å². The van der Waals surface area contributed by atoms with Crippen LogP contribution < -0.4 is 2.89 Å². The molecule has 1 aromatic heterocycles. The van der Waals surface area contributed by atoms with E-state index in [2.05, 4.69) is 43.7 Å². The Bertz CT molecular complexity index is 325. The monoisotopic (exact) mass is 410 g/mol. The minimum atomic E-state index is -1.82. The summed E-state index contributed by atoms with van der Waals surface area (Å²) >= 11 is 3.90. The van der Waals surface area contributed by atoms with Gasteiger partial charge in [-0.2, -0.15) is 0 Å². The van der Waals surface area contributed by atoms with Crippen LogP contribution in [0.25, 0.3) is 0 Å². The normalized spacial score (nSPS) is 12.1. The summed E-state index contributed by atoms with van der Waals surface area (Å²) in [6, 6.07) is 2.48. The van der Waals surface area contributed by atoms with Gasteiger partial charge in [0.1, 0.15) is 0 Å². The molecule has 0 saturated heterocycles. The summed E-state index contributed by atoms with van der Waals surface area (Å²) in [6.45, 7) is 2.27. The molecule has 0 aromatic carbocycles. The molecule has 0 aliphatic rings. The van der Waals surface area contributed by atoms with Crippen molar-refractivity contribution in [1.82, 2.24) is 0 Å². The fraction of sp³-hybridized carbons (Fsp3) is 0.692. The fourth-order valence-electron chi connectivity index (χ4n) is 1.69. The van der Waals surface area contributed by atoms with Crippen LogP contribution in [0.4, 0.5) is 0 Å². The predicted molar refractivity (Wildman–Crippen MR) is 82.8 cm³/mol. The number of hydrogen-bond donors (Lipinski definition) is 0. The van der Waals surface area contributed by atoms with Gasteiger partial charge in [0, 0.05) is 0 Å². The first-order valence-corrected chi connectivity index (χ1v) is 17.8. The Morgan fingerprint density at radius 3 is 2.38 bits per heavy atom. The number of hydrogen-bond acceptors (Lipinski definition) is 1. The molecule has 0 aliphatic carbocycles. The first-order valence-electron chi connectivity index (χ1n) is 6.24. The Morgan fingerprint density at radius 1 is 1.19 bits per heavy atom. The van der Waals surface area contributed by atoms with E-state index in [0.717, 1.165) is 0 Å². The van der Waals surface area contributed by atoms with Crippen LogP contribution in [0.5, 0.6) is 0 Å². The van der Waals surface area contributed by atoms with Gasteiger partial charge < -0.3 is 0 Å². The summed E-state index contributed by atoms with van der Waals surface area (Å²) < 4.78 is 3.09. The quantitative estimate of drug-likeness (QED) is 0.448. The molecule has 1 rings (SSSR count). The molecule has 3 heteroatoms. The van der Waals surface area contributed by atoms with E-state index in [0.29, 0.717) is 0 Å². The van der Waals surface area contributed by atoms with Gasteiger partial charge in [-0.1, -0.05) is 0 Å². The summed E-state index contributed by atoms with van der Waals surface area (Å²) in [7, 11) is 0. The standard InChI is InChI=1S/C10H14BrS.3CH3.Sn/c1-2-3-4-5-6-9-7-8-12-10(9)11;;;;/h7H,2-6H2,1H3;3*1H3;. The van der Waals surface area contributed by atoms with Crippen molar-refractivity contribution < 1.29 is 0 Å². The molecule has 0 radical (unpaired) electrons. The zero-order valence-corrected chi connectivity index (χ0v) is 16.2. The van der Waals surface area contributed by atoms with Crippen molar-refractivity contribution in [3.05, 3.63) is 15.4 Å². The van der Waals surface area contributed by atoms with E-state index in [-0.39, 0.29) is 0 Å². The van der Waals surface area contributed by atoms with Gasteiger partial charge in [-0.3, -0.25) is 0 Å². The molecule has 0 saturated carbocycles. The first-order chi connectivity index (χ1) is 7.45. The SMILES string of the molecule is CCCCCCc1c[c]([Sn]([CH3])([CH3])[CH3])sc1Br. The third-order valence-corrected chi connectivity index (χ3v) is 14.2. The number of thiophene rings is 1. The van der Waals surface area contributed by atoms with Crippen LogP contribution in [0, 0.1) is 0 Å². The molecule has 0 spiro atoms. The first kappa shape index (κ1) is 15.0. The molecule has 1 aromatic rings. The Kier molecular flexibility index (Phi) is 6.38. The van der Waals surface area contributed by atoms with Gasteiger partial charge in [-0.15, -0.1) is 0 Å². The third-order valence-electron chi connectivity index (χ3n) is 2.80. The molecule has 0 amide bonds. The molecule has 0 atom stereocenters. The summed E-state index contributed by atoms with van der Waals surface area (Å²) in [4.78, 5) is 7.48. The summed E-state index contributed by atoms with van der Waals surface area (Å²) in [5.74, 6) is 0. The number of unbranched alkanes of at least 4 members (excludes halogenated alkanes) is 3. The van der Waals surface area contributed by atoms with Gasteiger partial charge in [-0.25, -0.2) is 0 Å². The van der Waals surface area contributed by atoms with Crippen molar-refractivity contribution in [2.45, 2.75) is 53.8 Å². The molecular weight excluding hydrogens is 387 g/mol. The van der Waals surface area contributed by atoms with Crippen LogP contribution in [-0.4, -0.2) is 18.4 Å². The predicted octanol–water partition coefficient (Wildman–Crippen LogP) is 5.18. The fourth-order valence-corrected chi connectivity index (χ4v) is 10.0. The maximum absolute atomic E-state index is 3.73. The second kappa shape index (κ2) is 6.79. The average Bonchev–Trinajstić information content (AvgIpc) is 2.55. The van der Waals surface area contributed by atoms with Crippen molar-refractivity contribution in [1.29, 1.82) is 0 Å². The van der Waals surface area contributed by atoms with E-state index in [4.69, 9.17) is 0 Å². The van der Waals surface area contributed by atoms with Gasteiger partial charge in [0.25, 0.3) is 0 Å². The van der Waals surface area contributed by atoms with E-state index < -0.39 is 18.4 Å². The second-order valence-electron chi connectivity index (χ2n) is 5.47. The Morgan fingerprint density at radius 2 is 1.88 bits per heavy atom. The molecular formula is C13H23BrSSn. The van der Waals surface area contributed by atoms with Gasteiger partial charge >= 0.3 is 118 Å². The zero-order chi connectivity index (χ0) is 12.2. The van der Waals surface area contributed by atoms with Crippen molar-refractivity contribution >= 4 is 48.5 Å². The molecule has 0 unspecified atom stereocenters. The Labute approximate surface area is 117 Å². The maximum atomic E-state index is 3.73. The number of aryl methyl sites for hydroxylation is 1. The topological polar surface area (TPSA) is 0 Å². The third kappa shape index (κ3) is 4.69. The molecule has 0 bridgehead atoms. The van der Waals surface area contributed by atoms with E-state index in [1.165, 1.54) is 35.9 Å². The molecule has 0 aliphatic heterocycles. The van der Waals surface area contributed by atoms with Crippen LogP contribution in [0.3, 0.4) is 0 Å². The van der Waals surface area contributed by atoms with Gasteiger partial charge in [0.15, 0.2) is 0 Å². The van der Waals surface area contributed by atoms with Crippen LogP contribution in [0.15, 0.2) is 9.85 Å².